The summed E-state index contributed by atoms with van der Waals surface area (Å²) in [5, 5.41) is 0. The van der Waals surface area contributed by atoms with Crippen LogP contribution in [0.15, 0.2) is 12.1 Å². The molecule has 92 valence electrons. The minimum absolute atomic E-state index is 0.426. The van der Waals surface area contributed by atoms with E-state index in [1.54, 1.807) is 27.4 Å². The Morgan fingerprint density at radius 3 is 1.82 bits per heavy atom. The lowest BCUT2D eigenvalue weighted by atomic mass is 9.84. The molecule has 0 radical (unpaired) electrons. The second-order valence-corrected chi connectivity index (χ2v) is 4.18. The third-order valence-electron chi connectivity index (χ3n) is 2.74. The van der Waals surface area contributed by atoms with Crippen molar-refractivity contribution in [3.63, 3.8) is 0 Å². The number of ether oxygens (including phenoxy) is 3. The average molecular weight is 234 g/mol. The van der Waals surface area contributed by atoms with E-state index in [1.165, 1.54) is 0 Å². The third-order valence-corrected chi connectivity index (χ3v) is 2.74. The molecule has 0 saturated heterocycles. The van der Waals surface area contributed by atoms with Gasteiger partial charge in [-0.25, -0.2) is 0 Å². The summed E-state index contributed by atoms with van der Waals surface area (Å²) in [6, 6.07) is 3.64. The monoisotopic (exact) mass is 234 g/mol. The van der Waals surface area contributed by atoms with Gasteiger partial charge in [0, 0.05) is 11.6 Å². The predicted molar refractivity (Wildman–Crippen MR) is 68.0 cm³/mol. The lowest BCUT2D eigenvalue weighted by Gasteiger charge is -2.22. The van der Waals surface area contributed by atoms with Gasteiger partial charge in [-0.05, 0) is 19.9 Å². The van der Waals surface area contributed by atoms with E-state index >= 15 is 0 Å². The molecule has 0 aliphatic heterocycles. The zero-order chi connectivity index (χ0) is 13.1. The van der Waals surface area contributed by atoms with E-state index in [-0.39, 0.29) is 0 Å². The van der Waals surface area contributed by atoms with Crippen LogP contribution in [0.4, 0.5) is 0 Å². The summed E-state index contributed by atoms with van der Waals surface area (Å²) in [5.41, 5.74) is 0.477. The van der Waals surface area contributed by atoms with Crippen molar-refractivity contribution in [2.45, 2.75) is 19.3 Å². The predicted octanol–water partition coefficient (Wildman–Crippen LogP) is 2.62. The van der Waals surface area contributed by atoms with Gasteiger partial charge in [-0.15, -0.1) is 6.42 Å². The molecule has 0 aliphatic rings. The van der Waals surface area contributed by atoms with Gasteiger partial charge in [0.1, 0.15) is 5.75 Å². The van der Waals surface area contributed by atoms with Gasteiger partial charge < -0.3 is 14.2 Å². The van der Waals surface area contributed by atoms with Crippen LogP contribution in [0.1, 0.15) is 19.4 Å². The standard InChI is InChI=1S/C14H18O3/c1-7-14(2,3)10-8-12(16-5)13(17-6)9-11(10)15-4/h1,8-9H,2-6H3. The summed E-state index contributed by atoms with van der Waals surface area (Å²) >= 11 is 0. The normalized spacial score (nSPS) is 10.6. The van der Waals surface area contributed by atoms with E-state index in [1.807, 2.05) is 19.9 Å². The van der Waals surface area contributed by atoms with Crippen LogP contribution in [0.3, 0.4) is 0 Å². The average Bonchev–Trinajstić information content (AvgIpc) is 2.36. The molecule has 0 saturated carbocycles. The quantitative estimate of drug-likeness (QED) is 0.749. The lowest BCUT2D eigenvalue weighted by Crippen LogP contribution is -2.15. The topological polar surface area (TPSA) is 27.7 Å². The minimum atomic E-state index is -0.426. The van der Waals surface area contributed by atoms with Crippen LogP contribution in [0.2, 0.25) is 0 Å². The van der Waals surface area contributed by atoms with Gasteiger partial charge >= 0.3 is 0 Å². The Morgan fingerprint density at radius 2 is 1.41 bits per heavy atom. The zero-order valence-corrected chi connectivity index (χ0v) is 11.0. The molecule has 0 spiro atoms. The van der Waals surface area contributed by atoms with Crippen LogP contribution >= 0.6 is 0 Å². The van der Waals surface area contributed by atoms with E-state index in [9.17, 15) is 0 Å². The smallest absolute Gasteiger partial charge is 0.164 e. The molecule has 0 unspecified atom stereocenters. The molecule has 0 amide bonds. The molecule has 0 atom stereocenters. The van der Waals surface area contributed by atoms with Crippen molar-refractivity contribution in [2.75, 3.05) is 21.3 Å². The van der Waals surface area contributed by atoms with Crippen molar-refractivity contribution in [1.82, 2.24) is 0 Å². The van der Waals surface area contributed by atoms with E-state index < -0.39 is 5.41 Å². The Hall–Kier alpha value is -1.82. The summed E-state index contributed by atoms with van der Waals surface area (Å²) in [4.78, 5) is 0. The zero-order valence-electron chi connectivity index (χ0n) is 11.0. The van der Waals surface area contributed by atoms with Crippen LogP contribution in [-0.2, 0) is 5.41 Å². The molecule has 3 heteroatoms. The molecular formula is C14H18O3. The van der Waals surface area contributed by atoms with E-state index in [4.69, 9.17) is 20.6 Å². The first-order valence-electron chi connectivity index (χ1n) is 5.28. The van der Waals surface area contributed by atoms with Gasteiger partial charge in [0.05, 0.1) is 26.7 Å². The van der Waals surface area contributed by atoms with Crippen LogP contribution in [-0.4, -0.2) is 21.3 Å². The largest absolute Gasteiger partial charge is 0.496 e. The molecule has 0 fully saturated rings. The maximum absolute atomic E-state index is 5.55. The molecule has 0 aliphatic carbocycles. The van der Waals surface area contributed by atoms with E-state index in [0.29, 0.717) is 17.2 Å². The van der Waals surface area contributed by atoms with Crippen LogP contribution in [0.5, 0.6) is 17.2 Å². The molecule has 0 aromatic heterocycles. The van der Waals surface area contributed by atoms with E-state index in [2.05, 4.69) is 5.92 Å². The van der Waals surface area contributed by atoms with Gasteiger partial charge in [0.15, 0.2) is 11.5 Å². The highest BCUT2D eigenvalue weighted by molar-refractivity contribution is 5.54. The maximum atomic E-state index is 5.55. The highest BCUT2D eigenvalue weighted by atomic mass is 16.5. The molecule has 3 nitrogen and oxygen atoms in total. The Labute approximate surface area is 103 Å². The first kappa shape index (κ1) is 13.2. The highest BCUT2D eigenvalue weighted by Gasteiger charge is 2.24. The van der Waals surface area contributed by atoms with Crippen molar-refractivity contribution in [3.05, 3.63) is 17.7 Å². The minimum Gasteiger partial charge on any atom is -0.496 e. The van der Waals surface area contributed by atoms with Gasteiger partial charge in [0.25, 0.3) is 0 Å². The Morgan fingerprint density at radius 1 is 0.941 bits per heavy atom. The second kappa shape index (κ2) is 5.01. The SMILES string of the molecule is C#CC(C)(C)c1cc(OC)c(OC)cc1OC. The molecular weight excluding hydrogens is 216 g/mol. The number of terminal acetylenes is 1. The second-order valence-electron chi connectivity index (χ2n) is 4.18. The summed E-state index contributed by atoms with van der Waals surface area (Å²) in [6.07, 6.45) is 5.55. The van der Waals surface area contributed by atoms with Crippen molar-refractivity contribution in [3.8, 4) is 29.6 Å². The third kappa shape index (κ3) is 2.47. The summed E-state index contributed by atoms with van der Waals surface area (Å²) in [6.45, 7) is 3.91. The Balaban J connectivity index is 3.45. The Kier molecular flexibility index (Phi) is 3.90. The number of benzene rings is 1. The lowest BCUT2D eigenvalue weighted by molar-refractivity contribution is 0.345. The fourth-order valence-electron chi connectivity index (χ4n) is 1.60. The molecule has 0 heterocycles. The van der Waals surface area contributed by atoms with Gasteiger partial charge in [0.2, 0.25) is 0 Å². The van der Waals surface area contributed by atoms with Crippen molar-refractivity contribution < 1.29 is 14.2 Å². The van der Waals surface area contributed by atoms with Gasteiger partial charge in [-0.2, -0.15) is 0 Å². The number of rotatable bonds is 4. The molecule has 0 bridgehead atoms. The fraction of sp³-hybridized carbons (Fsp3) is 0.429. The van der Waals surface area contributed by atoms with Crippen molar-refractivity contribution in [1.29, 1.82) is 0 Å². The summed E-state index contributed by atoms with van der Waals surface area (Å²) in [7, 11) is 4.79. The van der Waals surface area contributed by atoms with Crippen molar-refractivity contribution >= 4 is 0 Å². The fourth-order valence-corrected chi connectivity index (χ4v) is 1.60. The number of methoxy groups -OCH3 is 3. The number of hydrogen-bond donors (Lipinski definition) is 0. The van der Waals surface area contributed by atoms with Crippen molar-refractivity contribution in [2.24, 2.45) is 0 Å². The van der Waals surface area contributed by atoms with E-state index in [0.717, 1.165) is 5.56 Å². The number of hydrogen-bond acceptors (Lipinski definition) is 3. The first-order chi connectivity index (χ1) is 8.00. The van der Waals surface area contributed by atoms with Crippen LogP contribution < -0.4 is 14.2 Å². The van der Waals surface area contributed by atoms with Gasteiger partial charge in [-0.1, -0.05) is 5.92 Å². The first-order valence-corrected chi connectivity index (χ1v) is 5.28. The molecule has 1 aromatic rings. The summed E-state index contributed by atoms with van der Waals surface area (Å²) in [5.74, 6) is 4.72. The summed E-state index contributed by atoms with van der Waals surface area (Å²) < 4.78 is 15.8. The van der Waals surface area contributed by atoms with Crippen LogP contribution in [0.25, 0.3) is 0 Å². The van der Waals surface area contributed by atoms with Gasteiger partial charge in [-0.3, -0.25) is 0 Å². The highest BCUT2D eigenvalue weighted by Crippen LogP contribution is 2.39. The van der Waals surface area contributed by atoms with Crippen LogP contribution in [0, 0.1) is 12.3 Å². The maximum Gasteiger partial charge on any atom is 0.164 e. The Bertz CT molecular complexity index is 442. The molecule has 0 N–H and O–H groups in total. The molecule has 1 aromatic carbocycles. The molecule has 1 rings (SSSR count). The molecule has 17 heavy (non-hydrogen) atoms.